The van der Waals surface area contributed by atoms with Gasteiger partial charge in [0.2, 0.25) is 0 Å². The van der Waals surface area contributed by atoms with Gasteiger partial charge >= 0.3 is 0 Å². The van der Waals surface area contributed by atoms with E-state index in [2.05, 4.69) is 18.9 Å². The molecule has 0 bridgehead atoms. The van der Waals surface area contributed by atoms with Crippen molar-refractivity contribution in [1.82, 2.24) is 4.90 Å². The fraction of sp³-hybridized carbons (Fsp3) is 0.500. The molecule has 0 aromatic heterocycles. The van der Waals surface area contributed by atoms with Gasteiger partial charge in [0.1, 0.15) is 0 Å². The van der Waals surface area contributed by atoms with Gasteiger partial charge in [0.25, 0.3) is 0 Å². The molecule has 0 spiro atoms. The first-order valence-corrected chi connectivity index (χ1v) is 6.01. The molecular weight excluding hydrogens is 198 g/mol. The maximum Gasteiger partial charge on any atom is 0.162 e. The van der Waals surface area contributed by atoms with Crippen LogP contribution in [0.2, 0.25) is 0 Å². The van der Waals surface area contributed by atoms with Crippen LogP contribution in [-0.2, 0) is 0 Å². The molecule has 0 heterocycles. The zero-order valence-electron chi connectivity index (χ0n) is 10.3. The van der Waals surface area contributed by atoms with Crippen molar-refractivity contribution in [3.05, 3.63) is 35.9 Å². The number of hydrogen-bond acceptors (Lipinski definition) is 2. The Kier molecular flexibility index (Phi) is 5.79. The number of Topliss-reactive ketones (excluding diaryl/α,β-unsaturated/α-hetero) is 1. The van der Waals surface area contributed by atoms with Crippen molar-refractivity contribution >= 4 is 5.78 Å². The van der Waals surface area contributed by atoms with E-state index in [1.165, 1.54) is 6.42 Å². The largest absolute Gasteiger partial charge is 0.306 e. The van der Waals surface area contributed by atoms with Gasteiger partial charge in [-0.15, -0.1) is 0 Å². The molecule has 0 radical (unpaired) electrons. The average molecular weight is 219 g/mol. The lowest BCUT2D eigenvalue weighted by Gasteiger charge is -2.14. The Morgan fingerprint density at radius 1 is 1.19 bits per heavy atom. The summed E-state index contributed by atoms with van der Waals surface area (Å²) in [6, 6.07) is 9.54. The molecule has 0 atom stereocenters. The van der Waals surface area contributed by atoms with Crippen molar-refractivity contribution < 1.29 is 4.79 Å². The molecular formula is C14H21NO. The summed E-state index contributed by atoms with van der Waals surface area (Å²) in [5, 5.41) is 0. The Morgan fingerprint density at radius 2 is 1.88 bits per heavy atom. The van der Waals surface area contributed by atoms with Crippen LogP contribution in [-0.4, -0.2) is 30.8 Å². The fourth-order valence-corrected chi connectivity index (χ4v) is 1.77. The highest BCUT2D eigenvalue weighted by Gasteiger charge is 2.05. The summed E-state index contributed by atoms with van der Waals surface area (Å²) in [7, 11) is 2.11. The van der Waals surface area contributed by atoms with Gasteiger partial charge in [0.15, 0.2) is 5.78 Å². The molecule has 16 heavy (non-hydrogen) atoms. The summed E-state index contributed by atoms with van der Waals surface area (Å²) in [5.41, 5.74) is 0.834. The molecule has 2 heteroatoms. The van der Waals surface area contributed by atoms with E-state index in [0.717, 1.165) is 25.1 Å². The van der Waals surface area contributed by atoms with Crippen molar-refractivity contribution in [3.8, 4) is 0 Å². The van der Waals surface area contributed by atoms with Gasteiger partial charge in [-0.1, -0.05) is 37.3 Å². The van der Waals surface area contributed by atoms with Crippen LogP contribution >= 0.6 is 0 Å². The van der Waals surface area contributed by atoms with Crippen LogP contribution in [0.15, 0.2) is 30.3 Å². The number of benzene rings is 1. The first-order chi connectivity index (χ1) is 7.74. The topological polar surface area (TPSA) is 20.3 Å². The first-order valence-electron chi connectivity index (χ1n) is 6.01. The minimum atomic E-state index is 0.255. The van der Waals surface area contributed by atoms with Gasteiger partial charge in [-0.25, -0.2) is 0 Å². The van der Waals surface area contributed by atoms with Gasteiger partial charge < -0.3 is 4.90 Å². The minimum Gasteiger partial charge on any atom is -0.306 e. The second kappa shape index (κ2) is 7.18. The lowest BCUT2D eigenvalue weighted by Crippen LogP contribution is -2.21. The summed E-state index contributed by atoms with van der Waals surface area (Å²) >= 11 is 0. The van der Waals surface area contributed by atoms with Gasteiger partial charge in [0, 0.05) is 12.0 Å². The van der Waals surface area contributed by atoms with Crippen molar-refractivity contribution in [2.45, 2.75) is 26.2 Å². The molecule has 0 saturated carbocycles. The second-order valence-electron chi connectivity index (χ2n) is 4.20. The molecule has 0 saturated heterocycles. The van der Waals surface area contributed by atoms with Gasteiger partial charge in [0.05, 0.1) is 0 Å². The number of carbonyl (C=O) groups excluding carboxylic acids is 1. The summed E-state index contributed by atoms with van der Waals surface area (Å²) in [6.45, 7) is 4.29. The Balaban J connectivity index is 2.26. The van der Waals surface area contributed by atoms with E-state index in [0.29, 0.717) is 6.42 Å². The quantitative estimate of drug-likeness (QED) is 0.657. The zero-order valence-corrected chi connectivity index (χ0v) is 10.3. The van der Waals surface area contributed by atoms with Crippen LogP contribution in [0.5, 0.6) is 0 Å². The first kappa shape index (κ1) is 12.9. The molecule has 0 unspecified atom stereocenters. The van der Waals surface area contributed by atoms with Gasteiger partial charge in [-0.05, 0) is 33.0 Å². The summed E-state index contributed by atoms with van der Waals surface area (Å²) < 4.78 is 0. The van der Waals surface area contributed by atoms with Crippen molar-refractivity contribution in [1.29, 1.82) is 0 Å². The predicted molar refractivity (Wildman–Crippen MR) is 67.8 cm³/mol. The summed E-state index contributed by atoms with van der Waals surface area (Å²) in [6.07, 6.45) is 2.77. The van der Waals surface area contributed by atoms with E-state index in [1.54, 1.807) is 0 Å². The fourth-order valence-electron chi connectivity index (χ4n) is 1.77. The molecule has 1 aromatic rings. The number of carbonyl (C=O) groups is 1. The summed E-state index contributed by atoms with van der Waals surface area (Å²) in [5.74, 6) is 0.255. The normalized spacial score (nSPS) is 10.7. The Morgan fingerprint density at radius 3 is 2.50 bits per heavy atom. The van der Waals surface area contributed by atoms with Crippen LogP contribution in [0.4, 0.5) is 0 Å². The van der Waals surface area contributed by atoms with Crippen LogP contribution in [0.25, 0.3) is 0 Å². The highest BCUT2D eigenvalue weighted by molar-refractivity contribution is 5.95. The molecule has 2 nitrogen and oxygen atoms in total. The van der Waals surface area contributed by atoms with E-state index in [1.807, 2.05) is 30.3 Å². The molecule has 88 valence electrons. The Labute approximate surface area is 98.3 Å². The van der Waals surface area contributed by atoms with Gasteiger partial charge in [-0.2, -0.15) is 0 Å². The second-order valence-corrected chi connectivity index (χ2v) is 4.20. The number of ketones is 1. The average Bonchev–Trinajstić information content (AvgIpc) is 2.30. The van der Waals surface area contributed by atoms with Crippen molar-refractivity contribution in [3.63, 3.8) is 0 Å². The van der Waals surface area contributed by atoms with Gasteiger partial charge in [-0.3, -0.25) is 4.79 Å². The van der Waals surface area contributed by atoms with Crippen LogP contribution in [0.3, 0.4) is 0 Å². The minimum absolute atomic E-state index is 0.255. The third kappa shape index (κ3) is 4.58. The smallest absolute Gasteiger partial charge is 0.162 e. The molecule has 0 aliphatic heterocycles. The Hall–Kier alpha value is -1.15. The van der Waals surface area contributed by atoms with Crippen LogP contribution in [0.1, 0.15) is 36.5 Å². The molecule has 0 amide bonds. The summed E-state index contributed by atoms with van der Waals surface area (Å²) in [4.78, 5) is 14.0. The van der Waals surface area contributed by atoms with Crippen molar-refractivity contribution in [2.24, 2.45) is 0 Å². The van der Waals surface area contributed by atoms with E-state index >= 15 is 0 Å². The standard InChI is InChI=1S/C14H21NO/c1-3-11-15(2)12-7-10-14(16)13-8-5-4-6-9-13/h4-6,8-9H,3,7,10-12H2,1-2H3. The zero-order chi connectivity index (χ0) is 11.8. The van der Waals surface area contributed by atoms with E-state index in [9.17, 15) is 4.79 Å². The molecule has 0 aliphatic carbocycles. The molecule has 1 aromatic carbocycles. The Bertz CT molecular complexity index is 308. The maximum atomic E-state index is 11.8. The molecule has 0 fully saturated rings. The lowest BCUT2D eigenvalue weighted by atomic mass is 10.1. The van der Waals surface area contributed by atoms with E-state index in [4.69, 9.17) is 0 Å². The van der Waals surface area contributed by atoms with E-state index in [-0.39, 0.29) is 5.78 Å². The monoisotopic (exact) mass is 219 g/mol. The SMILES string of the molecule is CCCN(C)CCCC(=O)c1ccccc1. The number of hydrogen-bond donors (Lipinski definition) is 0. The lowest BCUT2D eigenvalue weighted by molar-refractivity contribution is 0.0976. The van der Waals surface area contributed by atoms with Crippen LogP contribution in [0, 0.1) is 0 Å². The maximum absolute atomic E-state index is 11.8. The highest BCUT2D eigenvalue weighted by atomic mass is 16.1. The molecule has 1 rings (SSSR count). The van der Waals surface area contributed by atoms with Crippen molar-refractivity contribution in [2.75, 3.05) is 20.1 Å². The van der Waals surface area contributed by atoms with Crippen LogP contribution < -0.4 is 0 Å². The molecule has 0 N–H and O–H groups in total. The third-order valence-electron chi connectivity index (χ3n) is 2.64. The number of rotatable bonds is 7. The third-order valence-corrected chi connectivity index (χ3v) is 2.64. The van der Waals surface area contributed by atoms with E-state index < -0.39 is 0 Å². The predicted octanol–water partition coefficient (Wildman–Crippen LogP) is 2.99. The molecule has 0 aliphatic rings. The highest BCUT2D eigenvalue weighted by Crippen LogP contribution is 2.05. The number of nitrogens with zero attached hydrogens (tertiary/aromatic N) is 1.